The lowest BCUT2D eigenvalue weighted by Crippen LogP contribution is -2.13. The van der Waals surface area contributed by atoms with E-state index in [4.69, 9.17) is 9.84 Å². The summed E-state index contributed by atoms with van der Waals surface area (Å²) in [6.45, 7) is 0. The minimum Gasteiger partial charge on any atom is -0.478 e. The second kappa shape index (κ2) is 7.28. The normalized spacial score (nSPS) is 10.9. The fourth-order valence-electron chi connectivity index (χ4n) is 2.21. The van der Waals surface area contributed by atoms with Crippen molar-refractivity contribution in [2.24, 2.45) is 0 Å². The molecule has 0 fully saturated rings. The van der Waals surface area contributed by atoms with E-state index in [1.165, 1.54) is 24.3 Å². The van der Waals surface area contributed by atoms with Crippen LogP contribution in [0, 0.1) is 0 Å². The van der Waals surface area contributed by atoms with E-state index < -0.39 is 16.0 Å². The van der Waals surface area contributed by atoms with Crippen molar-refractivity contribution in [3.63, 3.8) is 0 Å². The van der Waals surface area contributed by atoms with Crippen LogP contribution in [0.3, 0.4) is 0 Å². The van der Waals surface area contributed by atoms with Crippen LogP contribution in [0.15, 0.2) is 83.8 Å². The number of hydrogen-bond acceptors (Lipinski definition) is 4. The third kappa shape index (κ3) is 4.20. The zero-order valence-corrected chi connectivity index (χ0v) is 14.3. The molecule has 0 aromatic heterocycles. The van der Waals surface area contributed by atoms with E-state index in [1.54, 1.807) is 24.3 Å². The van der Waals surface area contributed by atoms with Gasteiger partial charge < -0.3 is 9.84 Å². The summed E-state index contributed by atoms with van der Waals surface area (Å²) in [5.41, 5.74) is 0.388. The molecule has 6 nitrogen and oxygen atoms in total. The molecule has 7 heteroatoms. The lowest BCUT2D eigenvalue weighted by atomic mass is 10.2. The lowest BCUT2D eigenvalue weighted by Gasteiger charge is -2.10. The van der Waals surface area contributed by atoms with Crippen molar-refractivity contribution >= 4 is 21.7 Å². The minimum atomic E-state index is -3.81. The predicted octanol–water partition coefficient (Wildman–Crippen LogP) is 3.98. The van der Waals surface area contributed by atoms with Gasteiger partial charge in [0.25, 0.3) is 10.0 Å². The Hall–Kier alpha value is -3.32. The van der Waals surface area contributed by atoms with Crippen molar-refractivity contribution < 1.29 is 23.1 Å². The van der Waals surface area contributed by atoms with Gasteiger partial charge in [0.05, 0.1) is 10.5 Å². The minimum absolute atomic E-state index is 0.0198. The number of nitrogens with one attached hydrogen (secondary N) is 1. The Morgan fingerprint density at radius 2 is 1.38 bits per heavy atom. The molecule has 0 unspecified atom stereocenters. The Bertz CT molecular complexity index is 998. The third-order valence-electron chi connectivity index (χ3n) is 3.50. The first-order chi connectivity index (χ1) is 12.4. The number of para-hydroxylation sites is 1. The predicted molar refractivity (Wildman–Crippen MR) is 97.2 cm³/mol. The van der Waals surface area contributed by atoms with Crippen molar-refractivity contribution in [1.82, 2.24) is 0 Å². The lowest BCUT2D eigenvalue weighted by molar-refractivity contribution is 0.0696. The van der Waals surface area contributed by atoms with E-state index in [2.05, 4.69) is 4.72 Å². The molecule has 0 heterocycles. The van der Waals surface area contributed by atoms with Gasteiger partial charge in [0, 0.05) is 5.69 Å². The van der Waals surface area contributed by atoms with E-state index in [0.717, 1.165) is 0 Å². The zero-order chi connectivity index (χ0) is 18.6. The standard InChI is InChI=1S/C19H15NO5S/c21-19(22)14-6-12-18(13-7-14)26(23,24)20-15-8-10-17(11-9-15)25-16-4-2-1-3-5-16/h1-13,20H,(H,21,22). The molecule has 3 aromatic carbocycles. The number of anilines is 1. The summed E-state index contributed by atoms with van der Waals surface area (Å²) in [5, 5.41) is 8.87. The second-order valence-corrected chi connectivity index (χ2v) is 7.06. The van der Waals surface area contributed by atoms with E-state index >= 15 is 0 Å². The molecule has 0 spiro atoms. The van der Waals surface area contributed by atoms with Gasteiger partial charge in [0.15, 0.2) is 0 Å². The highest BCUT2D eigenvalue weighted by Gasteiger charge is 2.15. The summed E-state index contributed by atoms with van der Waals surface area (Å²) in [6, 6.07) is 20.7. The molecule has 0 aliphatic carbocycles. The SMILES string of the molecule is O=C(O)c1ccc(S(=O)(=O)Nc2ccc(Oc3ccccc3)cc2)cc1. The van der Waals surface area contributed by atoms with Crippen molar-refractivity contribution in [3.05, 3.63) is 84.4 Å². The first kappa shape index (κ1) is 17.5. The molecule has 2 N–H and O–H groups in total. The van der Waals surface area contributed by atoms with Gasteiger partial charge in [-0.1, -0.05) is 18.2 Å². The Kier molecular flexibility index (Phi) is 4.90. The fraction of sp³-hybridized carbons (Fsp3) is 0. The van der Waals surface area contributed by atoms with Gasteiger partial charge in [0.1, 0.15) is 11.5 Å². The number of benzene rings is 3. The molecular formula is C19H15NO5S. The maximum absolute atomic E-state index is 12.4. The monoisotopic (exact) mass is 369 g/mol. The maximum atomic E-state index is 12.4. The van der Waals surface area contributed by atoms with Gasteiger partial charge in [-0.2, -0.15) is 0 Å². The highest BCUT2D eigenvalue weighted by atomic mass is 32.2. The third-order valence-corrected chi connectivity index (χ3v) is 4.89. The molecule has 0 atom stereocenters. The molecule has 3 aromatic rings. The van der Waals surface area contributed by atoms with Crippen LogP contribution < -0.4 is 9.46 Å². The highest BCUT2D eigenvalue weighted by Crippen LogP contribution is 2.24. The summed E-state index contributed by atoms with van der Waals surface area (Å²) in [4.78, 5) is 10.8. The van der Waals surface area contributed by atoms with Crippen LogP contribution in [-0.2, 0) is 10.0 Å². The Balaban J connectivity index is 1.72. The number of carbonyl (C=O) groups is 1. The number of aromatic carboxylic acids is 1. The number of hydrogen-bond donors (Lipinski definition) is 2. The molecule has 0 bridgehead atoms. The van der Waals surface area contributed by atoms with E-state index in [-0.39, 0.29) is 10.5 Å². The van der Waals surface area contributed by atoms with E-state index in [9.17, 15) is 13.2 Å². The molecule has 0 saturated carbocycles. The van der Waals surface area contributed by atoms with Gasteiger partial charge in [0.2, 0.25) is 0 Å². The fourth-order valence-corrected chi connectivity index (χ4v) is 3.27. The van der Waals surface area contributed by atoms with E-state index in [1.807, 2.05) is 30.3 Å². The highest BCUT2D eigenvalue weighted by molar-refractivity contribution is 7.92. The number of carboxylic acids is 1. The molecular weight excluding hydrogens is 354 g/mol. The van der Waals surface area contributed by atoms with Crippen LogP contribution in [0.5, 0.6) is 11.5 Å². The summed E-state index contributed by atoms with van der Waals surface area (Å²) in [5.74, 6) is 0.139. The van der Waals surface area contributed by atoms with Gasteiger partial charge in [-0.25, -0.2) is 13.2 Å². The summed E-state index contributed by atoms with van der Waals surface area (Å²) in [7, 11) is -3.81. The summed E-state index contributed by atoms with van der Waals surface area (Å²) >= 11 is 0. The van der Waals surface area contributed by atoms with Gasteiger partial charge in [-0.05, 0) is 60.7 Å². The average molecular weight is 369 g/mol. The quantitative estimate of drug-likeness (QED) is 0.686. The topological polar surface area (TPSA) is 92.7 Å². The molecule has 0 saturated heterocycles. The maximum Gasteiger partial charge on any atom is 0.335 e. The largest absolute Gasteiger partial charge is 0.478 e. The molecule has 0 radical (unpaired) electrons. The number of rotatable bonds is 6. The van der Waals surface area contributed by atoms with Gasteiger partial charge in [-0.15, -0.1) is 0 Å². The number of ether oxygens (including phenoxy) is 1. The molecule has 0 aliphatic heterocycles. The van der Waals surface area contributed by atoms with Crippen LogP contribution in [0.2, 0.25) is 0 Å². The summed E-state index contributed by atoms with van der Waals surface area (Å²) in [6.07, 6.45) is 0. The van der Waals surface area contributed by atoms with Crippen LogP contribution in [0.25, 0.3) is 0 Å². The average Bonchev–Trinajstić information content (AvgIpc) is 2.64. The van der Waals surface area contributed by atoms with E-state index in [0.29, 0.717) is 17.2 Å². The molecule has 132 valence electrons. The number of sulfonamides is 1. The molecule has 0 amide bonds. The Morgan fingerprint density at radius 1 is 0.808 bits per heavy atom. The van der Waals surface area contributed by atoms with Crippen molar-refractivity contribution in [2.45, 2.75) is 4.90 Å². The molecule has 3 rings (SSSR count). The number of carboxylic acid groups (broad SMARTS) is 1. The van der Waals surface area contributed by atoms with Crippen molar-refractivity contribution in [1.29, 1.82) is 0 Å². The van der Waals surface area contributed by atoms with Gasteiger partial charge >= 0.3 is 5.97 Å². The Morgan fingerprint density at radius 3 is 1.96 bits per heavy atom. The second-order valence-electron chi connectivity index (χ2n) is 5.37. The summed E-state index contributed by atoms with van der Waals surface area (Å²) < 4.78 is 32.8. The zero-order valence-electron chi connectivity index (χ0n) is 13.5. The van der Waals surface area contributed by atoms with Crippen molar-refractivity contribution in [3.8, 4) is 11.5 Å². The van der Waals surface area contributed by atoms with Crippen LogP contribution in [0.1, 0.15) is 10.4 Å². The molecule has 0 aliphatic rings. The first-order valence-electron chi connectivity index (χ1n) is 7.63. The smallest absolute Gasteiger partial charge is 0.335 e. The first-order valence-corrected chi connectivity index (χ1v) is 9.11. The van der Waals surface area contributed by atoms with Gasteiger partial charge in [-0.3, -0.25) is 4.72 Å². The van der Waals surface area contributed by atoms with Crippen LogP contribution >= 0.6 is 0 Å². The van der Waals surface area contributed by atoms with Crippen LogP contribution in [0.4, 0.5) is 5.69 Å². The Labute approximate surface area is 150 Å². The van der Waals surface area contributed by atoms with Crippen LogP contribution in [-0.4, -0.2) is 19.5 Å². The van der Waals surface area contributed by atoms with Crippen molar-refractivity contribution in [2.75, 3.05) is 4.72 Å². The molecule has 26 heavy (non-hydrogen) atoms.